The first kappa shape index (κ1) is 29.5. The molecule has 0 bridgehead atoms. The fourth-order valence-electron chi connectivity index (χ4n) is 6.99. The standard InChI is InChI=1S/C34H46ClF3/c1-2-3-4-5-6-24-7-9-25(10-8-24)11-12-26-13-17-28(18-14-26)29-22-32(36)30(33(37)23-29)19-15-27-16-20-31(35)34(38)21-27/h16,20-26,28H,2-15,17-19H2,1H3. The van der Waals surface area contributed by atoms with Crippen LogP contribution in [0.5, 0.6) is 0 Å². The molecule has 0 N–H and O–H groups in total. The first-order valence-electron chi connectivity index (χ1n) is 15.3. The molecule has 0 saturated heterocycles. The molecule has 2 fully saturated rings. The number of unbranched alkanes of at least 4 members (excludes halogenated alkanes) is 3. The zero-order chi connectivity index (χ0) is 26.9. The van der Waals surface area contributed by atoms with Gasteiger partial charge in [0.1, 0.15) is 17.5 Å². The van der Waals surface area contributed by atoms with Crippen LogP contribution in [0.15, 0.2) is 30.3 Å². The van der Waals surface area contributed by atoms with Crippen molar-refractivity contribution in [3.8, 4) is 0 Å². The molecule has 210 valence electrons. The Kier molecular flexibility index (Phi) is 11.5. The Morgan fingerprint density at radius 1 is 0.658 bits per heavy atom. The molecule has 2 saturated carbocycles. The van der Waals surface area contributed by atoms with E-state index in [0.29, 0.717) is 12.0 Å². The SMILES string of the molecule is CCCCCCC1CCC(CCC2CCC(c3cc(F)c(CCc4ccc(Cl)c(F)c4)c(F)c3)CC2)CC1. The van der Waals surface area contributed by atoms with Gasteiger partial charge in [-0.05, 0) is 97.6 Å². The Morgan fingerprint density at radius 3 is 1.82 bits per heavy atom. The van der Waals surface area contributed by atoms with Gasteiger partial charge in [-0.25, -0.2) is 13.2 Å². The summed E-state index contributed by atoms with van der Waals surface area (Å²) in [6, 6.07) is 7.62. The summed E-state index contributed by atoms with van der Waals surface area (Å²) in [4.78, 5) is 0. The molecule has 0 unspecified atom stereocenters. The van der Waals surface area contributed by atoms with Gasteiger partial charge in [0, 0.05) is 5.56 Å². The molecule has 0 heterocycles. The van der Waals surface area contributed by atoms with E-state index in [2.05, 4.69) is 6.92 Å². The number of halogens is 4. The lowest BCUT2D eigenvalue weighted by Crippen LogP contribution is -2.18. The number of rotatable bonds is 12. The zero-order valence-corrected chi connectivity index (χ0v) is 24.0. The highest BCUT2D eigenvalue weighted by Crippen LogP contribution is 2.41. The molecular formula is C34H46ClF3. The summed E-state index contributed by atoms with van der Waals surface area (Å²) in [6.45, 7) is 2.28. The van der Waals surface area contributed by atoms with Gasteiger partial charge in [0.2, 0.25) is 0 Å². The van der Waals surface area contributed by atoms with E-state index in [0.717, 1.165) is 36.2 Å². The molecule has 2 aliphatic rings. The van der Waals surface area contributed by atoms with Crippen molar-refractivity contribution in [2.45, 2.75) is 122 Å². The minimum Gasteiger partial charge on any atom is -0.207 e. The summed E-state index contributed by atoms with van der Waals surface area (Å²) < 4.78 is 43.5. The summed E-state index contributed by atoms with van der Waals surface area (Å²) in [5.74, 6) is 1.46. The van der Waals surface area contributed by atoms with E-state index in [1.165, 1.54) is 95.6 Å². The lowest BCUT2D eigenvalue weighted by atomic mass is 9.74. The molecule has 4 heteroatoms. The van der Waals surface area contributed by atoms with Crippen LogP contribution in [0.3, 0.4) is 0 Å². The summed E-state index contributed by atoms with van der Waals surface area (Å²) in [6.07, 6.45) is 20.4. The second kappa shape index (κ2) is 14.8. The lowest BCUT2D eigenvalue weighted by molar-refractivity contribution is 0.222. The van der Waals surface area contributed by atoms with Gasteiger partial charge in [-0.3, -0.25) is 0 Å². The third-order valence-corrected chi connectivity index (χ3v) is 9.85. The molecule has 0 spiro atoms. The van der Waals surface area contributed by atoms with Crippen molar-refractivity contribution in [3.63, 3.8) is 0 Å². The van der Waals surface area contributed by atoms with E-state index < -0.39 is 17.5 Å². The highest BCUT2D eigenvalue weighted by molar-refractivity contribution is 6.30. The van der Waals surface area contributed by atoms with Crippen molar-refractivity contribution in [1.29, 1.82) is 0 Å². The monoisotopic (exact) mass is 546 g/mol. The van der Waals surface area contributed by atoms with Crippen LogP contribution in [0, 0.1) is 35.2 Å². The van der Waals surface area contributed by atoms with E-state index in [4.69, 9.17) is 11.6 Å². The van der Waals surface area contributed by atoms with Crippen molar-refractivity contribution in [2.75, 3.05) is 0 Å². The average molecular weight is 547 g/mol. The average Bonchev–Trinajstić information content (AvgIpc) is 2.92. The summed E-state index contributed by atoms with van der Waals surface area (Å²) >= 11 is 5.73. The fraction of sp³-hybridized carbons (Fsp3) is 0.647. The van der Waals surface area contributed by atoms with Gasteiger partial charge < -0.3 is 0 Å². The third-order valence-electron chi connectivity index (χ3n) is 9.54. The first-order valence-corrected chi connectivity index (χ1v) is 15.7. The topological polar surface area (TPSA) is 0 Å². The van der Waals surface area contributed by atoms with Crippen molar-refractivity contribution in [1.82, 2.24) is 0 Å². The minimum atomic E-state index is -0.503. The van der Waals surface area contributed by atoms with Gasteiger partial charge in [-0.2, -0.15) is 0 Å². The van der Waals surface area contributed by atoms with Gasteiger partial charge in [0.25, 0.3) is 0 Å². The molecule has 2 aliphatic carbocycles. The molecule has 0 atom stereocenters. The molecule has 0 radical (unpaired) electrons. The van der Waals surface area contributed by atoms with Crippen molar-refractivity contribution in [3.05, 3.63) is 69.5 Å². The number of hydrogen-bond donors (Lipinski definition) is 0. The molecule has 0 amide bonds. The maximum Gasteiger partial charge on any atom is 0.142 e. The predicted molar refractivity (Wildman–Crippen MR) is 153 cm³/mol. The molecular weight excluding hydrogens is 501 g/mol. The Labute approximate surface area is 233 Å². The van der Waals surface area contributed by atoms with E-state index in [1.54, 1.807) is 18.2 Å². The summed E-state index contributed by atoms with van der Waals surface area (Å²) in [5.41, 5.74) is 1.58. The highest BCUT2D eigenvalue weighted by atomic mass is 35.5. The largest absolute Gasteiger partial charge is 0.207 e. The third kappa shape index (κ3) is 8.51. The predicted octanol–water partition coefficient (Wildman–Crippen LogP) is 11.4. The number of benzene rings is 2. The van der Waals surface area contributed by atoms with Crippen molar-refractivity contribution in [2.24, 2.45) is 17.8 Å². The van der Waals surface area contributed by atoms with Crippen LogP contribution >= 0.6 is 11.6 Å². The zero-order valence-electron chi connectivity index (χ0n) is 23.2. The maximum atomic E-state index is 14.9. The van der Waals surface area contributed by atoms with Gasteiger partial charge in [-0.15, -0.1) is 0 Å². The normalized spacial score (nSPS) is 24.0. The first-order chi connectivity index (χ1) is 18.4. The smallest absolute Gasteiger partial charge is 0.142 e. The van der Waals surface area contributed by atoms with E-state index in [9.17, 15) is 13.2 Å². The van der Waals surface area contributed by atoms with Crippen LogP contribution in [-0.2, 0) is 12.8 Å². The Balaban J connectivity index is 1.18. The van der Waals surface area contributed by atoms with Crippen LogP contribution in [0.25, 0.3) is 0 Å². The molecule has 2 aromatic rings. The second-order valence-electron chi connectivity index (χ2n) is 12.2. The van der Waals surface area contributed by atoms with Crippen LogP contribution in [-0.4, -0.2) is 0 Å². The van der Waals surface area contributed by atoms with E-state index >= 15 is 0 Å². The highest BCUT2D eigenvalue weighted by Gasteiger charge is 2.26. The summed E-state index contributed by atoms with van der Waals surface area (Å²) in [5, 5.41) is 0.0563. The second-order valence-corrected chi connectivity index (χ2v) is 12.6. The summed E-state index contributed by atoms with van der Waals surface area (Å²) in [7, 11) is 0. The maximum absolute atomic E-state index is 14.9. The molecule has 0 nitrogen and oxygen atoms in total. The Morgan fingerprint density at radius 2 is 1.24 bits per heavy atom. The Hall–Kier alpha value is -1.48. The Bertz CT molecular complexity index is 980. The molecule has 0 aliphatic heterocycles. The van der Waals surface area contributed by atoms with Crippen LogP contribution in [0.1, 0.15) is 126 Å². The van der Waals surface area contributed by atoms with Gasteiger partial charge in [0.15, 0.2) is 0 Å². The van der Waals surface area contributed by atoms with Crippen LogP contribution in [0.2, 0.25) is 5.02 Å². The van der Waals surface area contributed by atoms with Crippen molar-refractivity contribution < 1.29 is 13.2 Å². The van der Waals surface area contributed by atoms with E-state index in [1.807, 2.05) is 0 Å². The molecule has 2 aromatic carbocycles. The van der Waals surface area contributed by atoms with Crippen molar-refractivity contribution >= 4 is 11.6 Å². The minimum absolute atomic E-state index is 0.0563. The lowest BCUT2D eigenvalue weighted by Gasteiger charge is -2.32. The molecule has 4 rings (SSSR count). The van der Waals surface area contributed by atoms with Gasteiger partial charge >= 0.3 is 0 Å². The van der Waals surface area contributed by atoms with E-state index in [-0.39, 0.29) is 22.9 Å². The number of aryl methyl sites for hydroxylation is 1. The quantitative estimate of drug-likeness (QED) is 0.232. The van der Waals surface area contributed by atoms with Gasteiger partial charge in [0.05, 0.1) is 5.02 Å². The van der Waals surface area contributed by atoms with Gasteiger partial charge in [-0.1, -0.05) is 95.2 Å². The number of hydrogen-bond acceptors (Lipinski definition) is 0. The molecule has 38 heavy (non-hydrogen) atoms. The fourth-order valence-corrected chi connectivity index (χ4v) is 7.10. The van der Waals surface area contributed by atoms with Crippen LogP contribution in [0.4, 0.5) is 13.2 Å². The van der Waals surface area contributed by atoms with Crippen LogP contribution < -0.4 is 0 Å². The molecule has 0 aromatic heterocycles.